The molecule has 118 valence electrons. The monoisotopic (exact) mass is 301 g/mol. The van der Waals surface area contributed by atoms with Gasteiger partial charge in [0.1, 0.15) is 12.4 Å². The maximum absolute atomic E-state index is 5.77. The number of unbranched alkanes of at least 4 members (excludes halogenated alkanes) is 3. The first-order valence-corrected chi connectivity index (χ1v) is 8.11. The summed E-state index contributed by atoms with van der Waals surface area (Å²) in [7, 11) is 0. The molecule has 0 fully saturated rings. The van der Waals surface area contributed by atoms with E-state index in [0.717, 1.165) is 49.1 Å². The number of hydrogen-bond donors (Lipinski definition) is 0. The molecule has 5 heteroatoms. The van der Waals surface area contributed by atoms with Gasteiger partial charge in [-0.15, -0.1) is 10.2 Å². The van der Waals surface area contributed by atoms with E-state index in [1.165, 1.54) is 19.3 Å². The number of nitrogens with zero attached hydrogens (tertiary/aromatic N) is 3. The molecule has 5 nitrogen and oxygen atoms in total. The van der Waals surface area contributed by atoms with Gasteiger partial charge in [0.05, 0.1) is 13.2 Å². The summed E-state index contributed by atoms with van der Waals surface area (Å²) in [4.78, 5) is 0. The van der Waals surface area contributed by atoms with Crippen molar-refractivity contribution in [3.8, 4) is 17.1 Å². The van der Waals surface area contributed by atoms with Crippen LogP contribution in [-0.2, 0) is 17.9 Å². The summed E-state index contributed by atoms with van der Waals surface area (Å²) in [5.74, 6) is 2.73. The fraction of sp³-hybridized carbons (Fsp3) is 0.529. The third-order valence-electron chi connectivity index (χ3n) is 3.90. The van der Waals surface area contributed by atoms with E-state index in [1.54, 1.807) is 0 Å². The van der Waals surface area contributed by atoms with Crippen molar-refractivity contribution in [1.29, 1.82) is 0 Å². The lowest BCUT2D eigenvalue weighted by Crippen LogP contribution is -2.17. The normalized spacial score (nSPS) is 13.9. The highest BCUT2D eigenvalue weighted by molar-refractivity contribution is 5.56. The molecule has 1 aliphatic heterocycles. The SMILES string of the molecule is CCCCCCOc1ccc(-c2nnc3n2CCOC3)cc1. The number of aromatic nitrogens is 3. The van der Waals surface area contributed by atoms with Crippen LogP contribution in [-0.4, -0.2) is 28.0 Å². The molecule has 2 aromatic rings. The van der Waals surface area contributed by atoms with E-state index < -0.39 is 0 Å². The molecule has 0 spiro atoms. The van der Waals surface area contributed by atoms with E-state index in [1.807, 2.05) is 24.3 Å². The average molecular weight is 301 g/mol. The molecule has 2 heterocycles. The Labute approximate surface area is 131 Å². The van der Waals surface area contributed by atoms with Crippen molar-refractivity contribution >= 4 is 0 Å². The van der Waals surface area contributed by atoms with E-state index in [9.17, 15) is 0 Å². The van der Waals surface area contributed by atoms with Gasteiger partial charge in [0.15, 0.2) is 11.6 Å². The molecule has 0 aliphatic carbocycles. The fourth-order valence-corrected chi connectivity index (χ4v) is 2.63. The maximum Gasteiger partial charge on any atom is 0.164 e. The van der Waals surface area contributed by atoms with Crippen molar-refractivity contribution in [2.75, 3.05) is 13.2 Å². The highest BCUT2D eigenvalue weighted by Crippen LogP contribution is 2.23. The van der Waals surface area contributed by atoms with Crippen molar-refractivity contribution in [3.05, 3.63) is 30.1 Å². The van der Waals surface area contributed by atoms with E-state index in [-0.39, 0.29) is 0 Å². The summed E-state index contributed by atoms with van der Waals surface area (Å²) in [6, 6.07) is 8.12. The van der Waals surface area contributed by atoms with Crippen LogP contribution in [0.1, 0.15) is 38.4 Å². The second kappa shape index (κ2) is 7.40. The molecule has 1 aromatic heterocycles. The summed E-state index contributed by atoms with van der Waals surface area (Å²) in [6.07, 6.45) is 4.89. The predicted molar refractivity (Wildman–Crippen MR) is 84.8 cm³/mol. The van der Waals surface area contributed by atoms with Crippen LogP contribution >= 0.6 is 0 Å². The molecule has 0 saturated carbocycles. The van der Waals surface area contributed by atoms with E-state index in [4.69, 9.17) is 9.47 Å². The Hall–Kier alpha value is -1.88. The summed E-state index contributed by atoms with van der Waals surface area (Å²) < 4.78 is 13.3. The van der Waals surface area contributed by atoms with Gasteiger partial charge in [-0.3, -0.25) is 0 Å². The molecule has 1 aliphatic rings. The van der Waals surface area contributed by atoms with Gasteiger partial charge in [0, 0.05) is 12.1 Å². The van der Waals surface area contributed by atoms with Gasteiger partial charge in [0.2, 0.25) is 0 Å². The molecule has 0 amide bonds. The molecule has 0 atom stereocenters. The lowest BCUT2D eigenvalue weighted by molar-refractivity contribution is 0.0821. The quantitative estimate of drug-likeness (QED) is 0.735. The van der Waals surface area contributed by atoms with Gasteiger partial charge in [-0.05, 0) is 30.7 Å². The first-order chi connectivity index (χ1) is 10.9. The minimum atomic E-state index is 0.548. The zero-order valence-electron chi connectivity index (χ0n) is 13.1. The molecule has 0 radical (unpaired) electrons. The van der Waals surface area contributed by atoms with Crippen LogP contribution in [0.5, 0.6) is 5.75 Å². The van der Waals surface area contributed by atoms with Crippen LogP contribution in [0.2, 0.25) is 0 Å². The zero-order valence-corrected chi connectivity index (χ0v) is 13.1. The van der Waals surface area contributed by atoms with E-state index in [2.05, 4.69) is 21.7 Å². The minimum Gasteiger partial charge on any atom is -0.494 e. The Morgan fingerprint density at radius 2 is 2.00 bits per heavy atom. The lowest BCUT2D eigenvalue weighted by atomic mass is 10.2. The van der Waals surface area contributed by atoms with Gasteiger partial charge in [-0.1, -0.05) is 26.2 Å². The third kappa shape index (κ3) is 3.47. The Kier molecular flexibility index (Phi) is 5.06. The van der Waals surface area contributed by atoms with E-state index >= 15 is 0 Å². The number of hydrogen-bond acceptors (Lipinski definition) is 4. The van der Waals surface area contributed by atoms with Crippen LogP contribution in [0, 0.1) is 0 Å². The average Bonchev–Trinajstić information content (AvgIpc) is 2.99. The predicted octanol–water partition coefficient (Wildman–Crippen LogP) is 3.43. The molecule has 0 unspecified atom stereocenters. The summed E-state index contributed by atoms with van der Waals surface area (Å²) in [5, 5.41) is 8.48. The van der Waals surface area contributed by atoms with Crippen LogP contribution < -0.4 is 4.74 Å². The lowest BCUT2D eigenvalue weighted by Gasteiger charge is -2.15. The molecule has 0 N–H and O–H groups in total. The molecule has 1 aromatic carbocycles. The number of fused-ring (bicyclic) bond motifs is 1. The number of rotatable bonds is 7. The molecule has 3 rings (SSSR count). The van der Waals surface area contributed by atoms with Crippen LogP contribution in [0.3, 0.4) is 0 Å². The van der Waals surface area contributed by atoms with Crippen LogP contribution in [0.15, 0.2) is 24.3 Å². The Morgan fingerprint density at radius 3 is 2.82 bits per heavy atom. The zero-order chi connectivity index (χ0) is 15.2. The Bertz CT molecular complexity index is 592. The first-order valence-electron chi connectivity index (χ1n) is 8.11. The molecule has 0 bridgehead atoms. The minimum absolute atomic E-state index is 0.548. The molecular weight excluding hydrogens is 278 g/mol. The van der Waals surface area contributed by atoms with Gasteiger partial charge in [-0.2, -0.15) is 0 Å². The van der Waals surface area contributed by atoms with Gasteiger partial charge in [0.25, 0.3) is 0 Å². The largest absolute Gasteiger partial charge is 0.494 e. The van der Waals surface area contributed by atoms with Crippen molar-refractivity contribution < 1.29 is 9.47 Å². The molecule has 0 saturated heterocycles. The second-order valence-corrected chi connectivity index (χ2v) is 5.58. The molecular formula is C17H23N3O2. The Balaban J connectivity index is 1.61. The maximum atomic E-state index is 5.77. The summed E-state index contributed by atoms with van der Waals surface area (Å²) >= 11 is 0. The topological polar surface area (TPSA) is 49.2 Å². The highest BCUT2D eigenvalue weighted by atomic mass is 16.5. The number of benzene rings is 1. The molecule has 22 heavy (non-hydrogen) atoms. The standard InChI is InChI=1S/C17H23N3O2/c1-2-3-4-5-11-22-15-8-6-14(7-9-15)17-19-18-16-13-21-12-10-20(16)17/h6-9H,2-5,10-13H2,1H3. The van der Waals surface area contributed by atoms with Crippen LogP contribution in [0.25, 0.3) is 11.4 Å². The smallest absolute Gasteiger partial charge is 0.164 e. The van der Waals surface area contributed by atoms with Crippen molar-refractivity contribution in [2.24, 2.45) is 0 Å². The Morgan fingerprint density at radius 1 is 1.14 bits per heavy atom. The van der Waals surface area contributed by atoms with Gasteiger partial charge in [-0.25, -0.2) is 0 Å². The van der Waals surface area contributed by atoms with Crippen molar-refractivity contribution in [3.63, 3.8) is 0 Å². The summed E-state index contributed by atoms with van der Waals surface area (Å²) in [5.41, 5.74) is 1.07. The van der Waals surface area contributed by atoms with Gasteiger partial charge < -0.3 is 14.0 Å². The van der Waals surface area contributed by atoms with Crippen LogP contribution in [0.4, 0.5) is 0 Å². The summed E-state index contributed by atoms with van der Waals surface area (Å²) in [6.45, 7) is 5.09. The van der Waals surface area contributed by atoms with E-state index in [0.29, 0.717) is 6.61 Å². The fourth-order valence-electron chi connectivity index (χ4n) is 2.63. The third-order valence-corrected chi connectivity index (χ3v) is 3.90. The highest BCUT2D eigenvalue weighted by Gasteiger charge is 2.17. The van der Waals surface area contributed by atoms with Gasteiger partial charge >= 0.3 is 0 Å². The van der Waals surface area contributed by atoms with Crippen molar-refractivity contribution in [2.45, 2.75) is 45.8 Å². The number of ether oxygens (including phenoxy) is 2. The first kappa shape index (κ1) is 15.0. The second-order valence-electron chi connectivity index (χ2n) is 5.58. The van der Waals surface area contributed by atoms with Crippen molar-refractivity contribution in [1.82, 2.24) is 14.8 Å².